The molecule has 4 aromatic carbocycles. The molecule has 1 heterocycles. The number of carboxylic acids is 1. The van der Waals surface area contributed by atoms with Gasteiger partial charge in [-0.15, -0.1) is 0 Å². The van der Waals surface area contributed by atoms with Crippen LogP contribution in [0.1, 0.15) is 59.2 Å². The first-order chi connectivity index (χ1) is 23.4. The molecule has 0 bridgehead atoms. The first kappa shape index (κ1) is 36.5. The molecule has 2 atom stereocenters. The SMILES string of the molecule is CC(C)n1c(CCCO[PH](=O)CC(CC(=O)O)O[Si](c2ccccc2)(c2ccccc2)C(C)(C)C)c(-c2ccc(F)cc2)c2ccccc21. The second kappa shape index (κ2) is 15.8. The molecule has 6 nitrogen and oxygen atoms in total. The van der Waals surface area contributed by atoms with Crippen molar-refractivity contribution in [2.24, 2.45) is 0 Å². The van der Waals surface area contributed by atoms with Gasteiger partial charge in [0.05, 0.1) is 19.1 Å². The molecular weight excluding hydrogens is 653 g/mol. The number of aliphatic carboxylic acids is 1. The van der Waals surface area contributed by atoms with Crippen molar-refractivity contribution >= 4 is 43.6 Å². The predicted octanol–water partition coefficient (Wildman–Crippen LogP) is 8.87. The van der Waals surface area contributed by atoms with Crippen molar-refractivity contribution in [3.05, 3.63) is 121 Å². The van der Waals surface area contributed by atoms with Crippen LogP contribution in [-0.2, 0) is 24.7 Å². The van der Waals surface area contributed by atoms with E-state index in [9.17, 15) is 18.9 Å². The standard InChI is InChI=1S/C40H47FNO5PSi/c1-29(2)42-36-20-13-12-19-35(36)39(30-22-24-31(41)25-23-30)37(42)21-14-26-46-48(45)28-32(27-38(43)44)47-49(40(3,4)5,33-15-8-6-9-16-33)34-17-10-7-11-18-34/h6-13,15-20,22-25,29,32,48H,14,21,26-28H2,1-5H3,(H,43,44). The molecule has 0 aliphatic heterocycles. The van der Waals surface area contributed by atoms with Crippen molar-refractivity contribution in [1.29, 1.82) is 0 Å². The van der Waals surface area contributed by atoms with Gasteiger partial charge in [-0.05, 0) is 65.9 Å². The normalized spacial score (nSPS) is 13.5. The second-order valence-electron chi connectivity index (χ2n) is 13.8. The number of fused-ring (bicyclic) bond motifs is 1. The molecule has 0 fully saturated rings. The molecule has 0 aliphatic carbocycles. The number of para-hydroxylation sites is 1. The minimum atomic E-state index is -3.07. The highest BCUT2D eigenvalue weighted by molar-refractivity contribution is 7.39. The van der Waals surface area contributed by atoms with Crippen molar-refractivity contribution in [1.82, 2.24) is 4.57 Å². The van der Waals surface area contributed by atoms with Crippen LogP contribution in [-0.4, -0.2) is 42.8 Å². The molecule has 9 heteroatoms. The van der Waals surface area contributed by atoms with Crippen LogP contribution >= 0.6 is 8.03 Å². The summed E-state index contributed by atoms with van der Waals surface area (Å²) in [6.45, 7) is 10.9. The molecule has 5 aromatic rings. The molecule has 0 saturated carbocycles. The summed E-state index contributed by atoms with van der Waals surface area (Å²) in [5.74, 6) is -1.29. The maximum Gasteiger partial charge on any atom is 0.305 e. The number of benzene rings is 4. The fourth-order valence-electron chi connectivity index (χ4n) is 7.05. The summed E-state index contributed by atoms with van der Waals surface area (Å²) in [5, 5.41) is 12.7. The van der Waals surface area contributed by atoms with Gasteiger partial charge in [0.25, 0.3) is 8.32 Å². The fraction of sp³-hybridized carbons (Fsp3) is 0.325. The number of aromatic nitrogens is 1. The van der Waals surface area contributed by atoms with Crippen molar-refractivity contribution in [3.8, 4) is 11.1 Å². The van der Waals surface area contributed by atoms with Gasteiger partial charge in [-0.3, -0.25) is 9.36 Å². The number of carbonyl (C=O) groups is 1. The number of hydrogen-bond acceptors (Lipinski definition) is 4. The Bertz CT molecular complexity index is 1830. The Morgan fingerprint density at radius 3 is 2.00 bits per heavy atom. The summed E-state index contributed by atoms with van der Waals surface area (Å²) in [5.41, 5.74) is 4.24. The third-order valence-corrected chi connectivity index (χ3v) is 15.4. The highest BCUT2D eigenvalue weighted by Gasteiger charge is 2.51. The van der Waals surface area contributed by atoms with Gasteiger partial charge in [0.1, 0.15) is 5.82 Å². The molecule has 258 valence electrons. The molecule has 0 aliphatic rings. The van der Waals surface area contributed by atoms with E-state index in [0.29, 0.717) is 12.8 Å². The summed E-state index contributed by atoms with van der Waals surface area (Å²) in [6, 6.07) is 35.1. The summed E-state index contributed by atoms with van der Waals surface area (Å²) in [4.78, 5) is 12.1. The quantitative estimate of drug-likeness (QED) is 0.0671. The maximum atomic E-state index is 13.9. The lowest BCUT2D eigenvalue weighted by atomic mass is 10.00. The number of hydrogen-bond donors (Lipinski definition) is 1. The second-order valence-corrected chi connectivity index (χ2v) is 19.5. The van der Waals surface area contributed by atoms with Crippen LogP contribution in [0, 0.1) is 5.82 Å². The molecule has 2 unspecified atom stereocenters. The minimum absolute atomic E-state index is 0.00848. The average Bonchev–Trinajstić information content (AvgIpc) is 3.40. The van der Waals surface area contributed by atoms with Crippen molar-refractivity contribution < 1.29 is 27.8 Å². The Labute approximate surface area is 290 Å². The summed E-state index contributed by atoms with van der Waals surface area (Å²) in [7, 11) is -5.72. The smallest absolute Gasteiger partial charge is 0.305 e. The van der Waals surface area contributed by atoms with Crippen LogP contribution in [0.4, 0.5) is 4.39 Å². The van der Waals surface area contributed by atoms with E-state index < -0.39 is 28.4 Å². The van der Waals surface area contributed by atoms with Crippen LogP contribution in [0.25, 0.3) is 22.0 Å². The van der Waals surface area contributed by atoms with Crippen LogP contribution in [0.15, 0.2) is 109 Å². The van der Waals surface area contributed by atoms with Crippen LogP contribution < -0.4 is 10.4 Å². The molecule has 0 saturated heterocycles. The maximum absolute atomic E-state index is 13.9. The first-order valence-corrected chi connectivity index (χ1v) is 20.4. The van der Waals surface area contributed by atoms with Gasteiger partial charge in [-0.1, -0.05) is 112 Å². The monoisotopic (exact) mass is 699 g/mol. The van der Waals surface area contributed by atoms with E-state index in [1.807, 2.05) is 60.7 Å². The van der Waals surface area contributed by atoms with E-state index >= 15 is 0 Å². The Morgan fingerprint density at radius 2 is 1.45 bits per heavy atom. The zero-order valence-corrected chi connectivity index (χ0v) is 31.0. The molecular formula is C40H47FNO5PSi. The van der Waals surface area contributed by atoms with E-state index in [4.69, 9.17) is 8.95 Å². The Balaban J connectivity index is 1.36. The van der Waals surface area contributed by atoms with Crippen LogP contribution in [0.5, 0.6) is 0 Å². The van der Waals surface area contributed by atoms with Gasteiger partial charge >= 0.3 is 5.97 Å². The molecule has 1 N–H and O–H groups in total. The average molecular weight is 700 g/mol. The van der Waals surface area contributed by atoms with E-state index in [-0.39, 0.29) is 36.1 Å². The van der Waals surface area contributed by atoms with Gasteiger partial charge in [-0.2, -0.15) is 0 Å². The van der Waals surface area contributed by atoms with Gasteiger partial charge < -0.3 is 18.6 Å². The number of halogens is 1. The lowest BCUT2D eigenvalue weighted by Crippen LogP contribution is -2.68. The largest absolute Gasteiger partial charge is 0.481 e. The summed E-state index contributed by atoms with van der Waals surface area (Å²) in [6.07, 6.45) is 0.191. The van der Waals surface area contributed by atoms with Gasteiger partial charge in [0.15, 0.2) is 8.03 Å². The molecule has 1 aromatic heterocycles. The molecule has 0 spiro atoms. The first-order valence-electron chi connectivity index (χ1n) is 17.0. The topological polar surface area (TPSA) is 77.8 Å². The van der Waals surface area contributed by atoms with Crippen molar-refractivity contribution in [2.45, 2.75) is 71.1 Å². The molecule has 49 heavy (non-hydrogen) atoms. The Hall–Kier alpha value is -3.81. The number of rotatable bonds is 15. The third-order valence-electron chi connectivity index (χ3n) is 9.04. The summed E-state index contributed by atoms with van der Waals surface area (Å²) >= 11 is 0. The van der Waals surface area contributed by atoms with E-state index in [0.717, 1.165) is 38.1 Å². The van der Waals surface area contributed by atoms with E-state index in [1.54, 1.807) is 0 Å². The minimum Gasteiger partial charge on any atom is -0.481 e. The van der Waals surface area contributed by atoms with Crippen LogP contribution in [0.2, 0.25) is 5.04 Å². The zero-order valence-electron chi connectivity index (χ0n) is 29.0. The van der Waals surface area contributed by atoms with Crippen molar-refractivity contribution in [2.75, 3.05) is 12.8 Å². The van der Waals surface area contributed by atoms with Crippen LogP contribution in [0.3, 0.4) is 0 Å². The van der Waals surface area contributed by atoms with E-state index in [1.165, 1.54) is 12.1 Å². The zero-order chi connectivity index (χ0) is 35.2. The lowest BCUT2D eigenvalue weighted by Gasteiger charge is -2.45. The van der Waals surface area contributed by atoms with E-state index in [2.05, 4.69) is 75.6 Å². The molecule has 0 amide bonds. The van der Waals surface area contributed by atoms with Gasteiger partial charge in [-0.25, -0.2) is 4.39 Å². The predicted molar refractivity (Wildman–Crippen MR) is 201 cm³/mol. The number of nitrogens with zero attached hydrogens (tertiary/aromatic N) is 1. The van der Waals surface area contributed by atoms with Gasteiger partial charge in [0.2, 0.25) is 0 Å². The number of carboxylic acid groups (broad SMARTS) is 1. The van der Waals surface area contributed by atoms with Crippen molar-refractivity contribution in [3.63, 3.8) is 0 Å². The Morgan fingerprint density at radius 1 is 0.878 bits per heavy atom. The molecule has 5 rings (SSSR count). The highest BCUT2D eigenvalue weighted by atomic mass is 31.1. The Kier molecular flexibility index (Phi) is 11.8. The highest BCUT2D eigenvalue weighted by Crippen LogP contribution is 2.40. The fourth-order valence-corrected chi connectivity index (χ4v) is 13.0. The third kappa shape index (κ3) is 8.16. The molecule has 0 radical (unpaired) electrons. The lowest BCUT2D eigenvalue weighted by molar-refractivity contribution is -0.138. The van der Waals surface area contributed by atoms with Gasteiger partial charge in [0, 0.05) is 34.4 Å². The summed E-state index contributed by atoms with van der Waals surface area (Å²) < 4.78 is 42.7.